The molecule has 3 heterocycles. The third-order valence-electron chi connectivity index (χ3n) is 5.69. The van der Waals surface area contributed by atoms with E-state index in [4.69, 9.17) is 11.6 Å². The average Bonchev–Trinajstić information content (AvgIpc) is 3.22. The van der Waals surface area contributed by atoms with Gasteiger partial charge in [0.05, 0.1) is 5.69 Å². The molecular formula is C25H23ClN6O. The van der Waals surface area contributed by atoms with Crippen LogP contribution in [0.2, 0.25) is 5.02 Å². The minimum Gasteiger partial charge on any atom is -0.334 e. The highest BCUT2D eigenvalue weighted by Crippen LogP contribution is 2.30. The van der Waals surface area contributed by atoms with Gasteiger partial charge in [-0.1, -0.05) is 23.7 Å². The van der Waals surface area contributed by atoms with E-state index in [2.05, 4.69) is 25.5 Å². The van der Waals surface area contributed by atoms with Crippen molar-refractivity contribution in [2.45, 2.75) is 26.8 Å². The summed E-state index contributed by atoms with van der Waals surface area (Å²) in [6, 6.07) is 16.9. The maximum Gasteiger partial charge on any atom is 0.254 e. The number of carbonyl (C=O) groups is 1. The van der Waals surface area contributed by atoms with Crippen molar-refractivity contribution in [1.29, 1.82) is 0 Å². The smallest absolute Gasteiger partial charge is 0.254 e. The molecule has 1 aliphatic heterocycles. The SMILES string of the molecule is Cc1cc(C)nc(Nc2ccc(C(=O)N3CCc4[nH]nc(-c5cccc(Cl)c5)c4C3)cc2)n1. The number of nitrogens with zero attached hydrogens (tertiary/aromatic N) is 4. The summed E-state index contributed by atoms with van der Waals surface area (Å²) < 4.78 is 0. The number of hydrogen-bond donors (Lipinski definition) is 2. The number of hydrogen-bond acceptors (Lipinski definition) is 5. The van der Waals surface area contributed by atoms with Gasteiger partial charge >= 0.3 is 0 Å². The molecular weight excluding hydrogens is 436 g/mol. The molecule has 0 radical (unpaired) electrons. The van der Waals surface area contributed by atoms with Crippen LogP contribution >= 0.6 is 11.6 Å². The summed E-state index contributed by atoms with van der Waals surface area (Å²) in [6.07, 6.45) is 0.734. The maximum absolute atomic E-state index is 13.2. The number of halogens is 1. The lowest BCUT2D eigenvalue weighted by Crippen LogP contribution is -2.35. The number of benzene rings is 2. The normalized spacial score (nSPS) is 13.0. The molecule has 0 unspecified atom stereocenters. The molecule has 8 heteroatoms. The molecule has 1 amide bonds. The second-order valence-corrected chi connectivity index (χ2v) is 8.63. The first kappa shape index (κ1) is 21.2. The minimum absolute atomic E-state index is 0.00639. The number of aromatic amines is 1. The standard InChI is InChI=1S/C25H23ClN6O/c1-15-12-16(2)28-25(27-15)29-20-8-6-17(7-9-20)24(33)32-11-10-22-21(14-32)23(31-30-22)18-4-3-5-19(26)13-18/h3-9,12-13H,10-11,14H2,1-2H3,(H,30,31)(H,27,28,29). The summed E-state index contributed by atoms with van der Waals surface area (Å²) in [5.41, 5.74) is 7.17. The van der Waals surface area contributed by atoms with E-state index in [1.54, 1.807) is 0 Å². The van der Waals surface area contributed by atoms with Crippen molar-refractivity contribution >= 4 is 29.1 Å². The van der Waals surface area contributed by atoms with Gasteiger partial charge in [-0.05, 0) is 56.3 Å². The number of rotatable bonds is 4. The van der Waals surface area contributed by atoms with Crippen LogP contribution in [0.5, 0.6) is 0 Å². The van der Waals surface area contributed by atoms with Gasteiger partial charge in [-0.2, -0.15) is 5.10 Å². The lowest BCUT2D eigenvalue weighted by Gasteiger charge is -2.27. The van der Waals surface area contributed by atoms with Crippen molar-refractivity contribution < 1.29 is 4.79 Å². The Balaban J connectivity index is 1.32. The van der Waals surface area contributed by atoms with Gasteiger partial charge in [-0.25, -0.2) is 9.97 Å². The van der Waals surface area contributed by atoms with Gasteiger partial charge in [-0.3, -0.25) is 9.89 Å². The number of carbonyl (C=O) groups excluding carboxylic acids is 1. The molecule has 0 bridgehead atoms. The van der Waals surface area contributed by atoms with Gasteiger partial charge in [-0.15, -0.1) is 0 Å². The molecule has 166 valence electrons. The molecule has 2 aromatic heterocycles. The van der Waals surface area contributed by atoms with Crippen molar-refractivity contribution in [1.82, 2.24) is 25.1 Å². The van der Waals surface area contributed by atoms with Crippen LogP contribution < -0.4 is 5.32 Å². The monoisotopic (exact) mass is 458 g/mol. The highest BCUT2D eigenvalue weighted by molar-refractivity contribution is 6.30. The molecule has 5 rings (SSSR count). The number of H-pyrrole nitrogens is 1. The number of amides is 1. The van der Waals surface area contributed by atoms with Crippen molar-refractivity contribution in [3.8, 4) is 11.3 Å². The maximum atomic E-state index is 13.2. The molecule has 4 aromatic rings. The third kappa shape index (κ3) is 4.45. The summed E-state index contributed by atoms with van der Waals surface area (Å²) >= 11 is 6.17. The van der Waals surface area contributed by atoms with Gasteiger partial charge < -0.3 is 10.2 Å². The van der Waals surface area contributed by atoms with E-state index in [-0.39, 0.29) is 5.91 Å². The number of aromatic nitrogens is 4. The molecule has 2 aromatic carbocycles. The van der Waals surface area contributed by atoms with E-state index in [0.29, 0.717) is 29.6 Å². The van der Waals surface area contributed by atoms with Gasteiger partial charge in [0, 0.05) is 64.0 Å². The van der Waals surface area contributed by atoms with Crippen LogP contribution in [0.15, 0.2) is 54.6 Å². The fourth-order valence-electron chi connectivity index (χ4n) is 4.13. The molecule has 0 atom stereocenters. The van der Waals surface area contributed by atoms with E-state index in [9.17, 15) is 4.79 Å². The highest BCUT2D eigenvalue weighted by Gasteiger charge is 2.26. The molecule has 2 N–H and O–H groups in total. The minimum atomic E-state index is -0.00639. The second kappa shape index (κ2) is 8.67. The number of anilines is 2. The van der Waals surface area contributed by atoms with E-state index >= 15 is 0 Å². The predicted molar refractivity (Wildman–Crippen MR) is 129 cm³/mol. The lowest BCUT2D eigenvalue weighted by atomic mass is 10.0. The van der Waals surface area contributed by atoms with Crippen molar-refractivity contribution in [2.75, 3.05) is 11.9 Å². The van der Waals surface area contributed by atoms with E-state index in [0.717, 1.165) is 46.0 Å². The third-order valence-corrected chi connectivity index (χ3v) is 5.92. The zero-order chi connectivity index (χ0) is 22.9. The first-order valence-electron chi connectivity index (χ1n) is 10.8. The summed E-state index contributed by atoms with van der Waals surface area (Å²) in [5.74, 6) is 0.539. The fourth-order valence-corrected chi connectivity index (χ4v) is 4.32. The summed E-state index contributed by atoms with van der Waals surface area (Å²) in [6.45, 7) is 5.01. The second-order valence-electron chi connectivity index (χ2n) is 8.19. The summed E-state index contributed by atoms with van der Waals surface area (Å²) in [7, 11) is 0. The Kier molecular flexibility index (Phi) is 5.56. The van der Waals surface area contributed by atoms with Gasteiger partial charge in [0.25, 0.3) is 5.91 Å². The Hall–Kier alpha value is -3.71. The van der Waals surface area contributed by atoms with Crippen LogP contribution in [0.3, 0.4) is 0 Å². The Morgan fingerprint density at radius 3 is 2.55 bits per heavy atom. The molecule has 33 heavy (non-hydrogen) atoms. The van der Waals surface area contributed by atoms with Crippen LogP contribution in [0, 0.1) is 13.8 Å². The molecule has 0 saturated carbocycles. The van der Waals surface area contributed by atoms with Crippen molar-refractivity contribution in [3.05, 3.63) is 87.8 Å². The predicted octanol–water partition coefficient (Wildman–Crippen LogP) is 5.08. The first-order valence-corrected chi connectivity index (χ1v) is 11.1. The van der Waals surface area contributed by atoms with Gasteiger partial charge in [0.2, 0.25) is 5.95 Å². The molecule has 0 saturated heterocycles. The number of aryl methyl sites for hydroxylation is 2. The first-order chi connectivity index (χ1) is 16.0. The van der Waals surface area contributed by atoms with Crippen LogP contribution in [0.1, 0.15) is 33.0 Å². The molecule has 0 fully saturated rings. The van der Waals surface area contributed by atoms with E-state index in [1.807, 2.05) is 73.3 Å². The quantitative estimate of drug-likeness (QED) is 0.445. The number of nitrogens with one attached hydrogen (secondary N) is 2. The topological polar surface area (TPSA) is 86.8 Å². The highest BCUT2D eigenvalue weighted by atomic mass is 35.5. The fraction of sp³-hybridized carbons (Fsp3) is 0.200. The van der Waals surface area contributed by atoms with Crippen molar-refractivity contribution in [2.24, 2.45) is 0 Å². The lowest BCUT2D eigenvalue weighted by molar-refractivity contribution is 0.0734. The Labute approximate surface area is 196 Å². The zero-order valence-corrected chi connectivity index (χ0v) is 19.1. The van der Waals surface area contributed by atoms with Crippen LogP contribution in [0.25, 0.3) is 11.3 Å². The summed E-state index contributed by atoms with van der Waals surface area (Å²) in [5, 5.41) is 11.5. The zero-order valence-electron chi connectivity index (χ0n) is 18.4. The molecule has 0 aliphatic carbocycles. The van der Waals surface area contributed by atoms with Crippen molar-refractivity contribution in [3.63, 3.8) is 0 Å². The van der Waals surface area contributed by atoms with E-state index in [1.165, 1.54) is 0 Å². The van der Waals surface area contributed by atoms with E-state index < -0.39 is 0 Å². The van der Waals surface area contributed by atoms with Crippen LogP contribution in [-0.2, 0) is 13.0 Å². The Morgan fingerprint density at radius 2 is 1.82 bits per heavy atom. The van der Waals surface area contributed by atoms with Gasteiger partial charge in [0.1, 0.15) is 0 Å². The summed E-state index contributed by atoms with van der Waals surface area (Å²) in [4.78, 5) is 23.9. The van der Waals surface area contributed by atoms with Crippen LogP contribution in [-0.4, -0.2) is 37.5 Å². The number of fused-ring (bicyclic) bond motifs is 1. The molecule has 0 spiro atoms. The Bertz CT molecular complexity index is 1310. The van der Waals surface area contributed by atoms with Crippen LogP contribution in [0.4, 0.5) is 11.6 Å². The Morgan fingerprint density at radius 1 is 1.06 bits per heavy atom. The average molecular weight is 459 g/mol. The largest absolute Gasteiger partial charge is 0.334 e. The van der Waals surface area contributed by atoms with Gasteiger partial charge in [0.15, 0.2) is 0 Å². The molecule has 1 aliphatic rings. The molecule has 7 nitrogen and oxygen atoms in total.